The van der Waals surface area contributed by atoms with Crippen LogP contribution >= 0.6 is 11.6 Å². The number of halogens is 1. The first-order chi connectivity index (χ1) is 11.5. The SMILES string of the molecule is CN=C(NCCCOCCOC)NCC(C)(C)c1cccc(Cl)c1. The highest BCUT2D eigenvalue weighted by Gasteiger charge is 2.21. The molecule has 1 aromatic rings. The molecule has 0 atom stereocenters. The Hall–Kier alpha value is -1.30. The minimum Gasteiger partial charge on any atom is -0.382 e. The number of nitrogens with zero attached hydrogens (tertiary/aromatic N) is 1. The Balaban J connectivity index is 2.33. The van der Waals surface area contributed by atoms with Crippen molar-refractivity contribution in [1.29, 1.82) is 0 Å². The van der Waals surface area contributed by atoms with Gasteiger partial charge in [-0.25, -0.2) is 0 Å². The van der Waals surface area contributed by atoms with Crippen molar-refractivity contribution in [1.82, 2.24) is 10.6 Å². The summed E-state index contributed by atoms with van der Waals surface area (Å²) in [7, 11) is 3.45. The summed E-state index contributed by atoms with van der Waals surface area (Å²) in [6.07, 6.45) is 0.919. The van der Waals surface area contributed by atoms with Gasteiger partial charge in [-0.1, -0.05) is 37.6 Å². The molecule has 0 heterocycles. The molecule has 0 aromatic heterocycles. The van der Waals surface area contributed by atoms with Gasteiger partial charge in [-0.05, 0) is 24.1 Å². The smallest absolute Gasteiger partial charge is 0.191 e. The van der Waals surface area contributed by atoms with E-state index >= 15 is 0 Å². The predicted octanol–water partition coefficient (Wildman–Crippen LogP) is 2.84. The average Bonchev–Trinajstić information content (AvgIpc) is 2.56. The van der Waals surface area contributed by atoms with Gasteiger partial charge in [-0.3, -0.25) is 4.99 Å². The molecule has 136 valence electrons. The van der Waals surface area contributed by atoms with Gasteiger partial charge >= 0.3 is 0 Å². The minimum absolute atomic E-state index is 0.0498. The maximum absolute atomic E-state index is 6.09. The second kappa shape index (κ2) is 11.3. The molecule has 0 amide bonds. The zero-order valence-corrected chi connectivity index (χ0v) is 15.9. The molecule has 1 rings (SSSR count). The van der Waals surface area contributed by atoms with Crippen molar-refractivity contribution in [3.8, 4) is 0 Å². The van der Waals surface area contributed by atoms with Gasteiger partial charge < -0.3 is 20.1 Å². The van der Waals surface area contributed by atoms with E-state index in [1.54, 1.807) is 14.2 Å². The van der Waals surface area contributed by atoms with Crippen LogP contribution in [0.2, 0.25) is 5.02 Å². The number of methoxy groups -OCH3 is 1. The molecular formula is C18H30ClN3O2. The van der Waals surface area contributed by atoms with E-state index in [1.165, 1.54) is 5.56 Å². The molecule has 0 saturated heterocycles. The first kappa shape index (κ1) is 20.7. The lowest BCUT2D eigenvalue weighted by Crippen LogP contribution is -2.43. The van der Waals surface area contributed by atoms with Gasteiger partial charge in [0, 0.05) is 44.3 Å². The van der Waals surface area contributed by atoms with Crippen LogP contribution in [-0.4, -0.2) is 53.0 Å². The summed E-state index contributed by atoms with van der Waals surface area (Å²) >= 11 is 6.09. The molecule has 0 aliphatic carbocycles. The Morgan fingerprint density at radius 1 is 1.21 bits per heavy atom. The van der Waals surface area contributed by atoms with Crippen LogP contribution in [0.3, 0.4) is 0 Å². The van der Waals surface area contributed by atoms with Crippen LogP contribution in [0, 0.1) is 0 Å². The molecule has 0 radical (unpaired) electrons. The average molecular weight is 356 g/mol. The molecule has 0 fully saturated rings. The normalized spacial score (nSPS) is 12.3. The number of benzene rings is 1. The first-order valence-electron chi connectivity index (χ1n) is 8.27. The lowest BCUT2D eigenvalue weighted by Gasteiger charge is -2.27. The largest absolute Gasteiger partial charge is 0.382 e. The van der Waals surface area contributed by atoms with Crippen LogP contribution in [0.5, 0.6) is 0 Å². The third-order valence-corrected chi connectivity index (χ3v) is 3.95. The fraction of sp³-hybridized carbons (Fsp3) is 0.611. The number of rotatable bonds is 10. The highest BCUT2D eigenvalue weighted by atomic mass is 35.5. The Morgan fingerprint density at radius 2 is 2.00 bits per heavy atom. The lowest BCUT2D eigenvalue weighted by molar-refractivity contribution is 0.0698. The second-order valence-electron chi connectivity index (χ2n) is 6.21. The quantitative estimate of drug-likeness (QED) is 0.385. The van der Waals surface area contributed by atoms with Gasteiger partial charge in [0.25, 0.3) is 0 Å². The number of aliphatic imine (C=N–C) groups is 1. The summed E-state index contributed by atoms with van der Waals surface area (Å²) in [5.74, 6) is 0.794. The number of guanidine groups is 1. The van der Waals surface area contributed by atoms with Gasteiger partial charge in [0.15, 0.2) is 5.96 Å². The fourth-order valence-corrected chi connectivity index (χ4v) is 2.35. The van der Waals surface area contributed by atoms with E-state index < -0.39 is 0 Å². The summed E-state index contributed by atoms with van der Waals surface area (Å²) < 4.78 is 10.4. The van der Waals surface area contributed by atoms with Crippen molar-refractivity contribution < 1.29 is 9.47 Å². The van der Waals surface area contributed by atoms with Crippen molar-refractivity contribution in [3.63, 3.8) is 0 Å². The van der Waals surface area contributed by atoms with Crippen molar-refractivity contribution in [2.24, 2.45) is 4.99 Å². The van der Waals surface area contributed by atoms with E-state index in [4.69, 9.17) is 21.1 Å². The number of hydrogen-bond donors (Lipinski definition) is 2. The Bertz CT molecular complexity index is 507. The van der Waals surface area contributed by atoms with Crippen LogP contribution < -0.4 is 10.6 Å². The van der Waals surface area contributed by atoms with E-state index in [0.717, 1.165) is 30.5 Å². The van der Waals surface area contributed by atoms with Gasteiger partial charge in [-0.2, -0.15) is 0 Å². The summed E-state index contributed by atoms with van der Waals surface area (Å²) in [6, 6.07) is 7.98. The van der Waals surface area contributed by atoms with Crippen LogP contribution in [0.1, 0.15) is 25.8 Å². The summed E-state index contributed by atoms with van der Waals surface area (Å²) in [6.45, 7) is 7.92. The maximum atomic E-state index is 6.09. The fourth-order valence-electron chi connectivity index (χ4n) is 2.16. The van der Waals surface area contributed by atoms with Crippen LogP contribution in [0.25, 0.3) is 0 Å². The zero-order chi connectivity index (χ0) is 17.8. The summed E-state index contributed by atoms with van der Waals surface area (Å²) in [5, 5.41) is 7.43. The topological polar surface area (TPSA) is 54.9 Å². The molecule has 0 aliphatic heterocycles. The minimum atomic E-state index is -0.0498. The second-order valence-corrected chi connectivity index (χ2v) is 6.64. The molecule has 2 N–H and O–H groups in total. The third kappa shape index (κ3) is 7.99. The number of nitrogens with one attached hydrogen (secondary N) is 2. The first-order valence-corrected chi connectivity index (χ1v) is 8.64. The van der Waals surface area contributed by atoms with Gasteiger partial charge in [0.2, 0.25) is 0 Å². The van der Waals surface area contributed by atoms with Gasteiger partial charge in [0.05, 0.1) is 13.2 Å². The Labute approximate surface area is 150 Å². The lowest BCUT2D eigenvalue weighted by atomic mass is 9.84. The highest BCUT2D eigenvalue weighted by Crippen LogP contribution is 2.24. The third-order valence-electron chi connectivity index (χ3n) is 3.72. The predicted molar refractivity (Wildman–Crippen MR) is 101 cm³/mol. The zero-order valence-electron chi connectivity index (χ0n) is 15.2. The maximum Gasteiger partial charge on any atom is 0.191 e. The van der Waals surface area contributed by atoms with Crippen molar-refractivity contribution in [3.05, 3.63) is 34.9 Å². The molecule has 1 aromatic carbocycles. The molecule has 5 nitrogen and oxygen atoms in total. The summed E-state index contributed by atoms with van der Waals surface area (Å²) in [4.78, 5) is 4.26. The molecule has 0 saturated carbocycles. The van der Waals surface area contributed by atoms with E-state index in [9.17, 15) is 0 Å². The highest BCUT2D eigenvalue weighted by molar-refractivity contribution is 6.30. The molecule has 6 heteroatoms. The standard InChI is InChI=1S/C18H30ClN3O2/c1-18(2,15-7-5-8-16(19)13-15)14-22-17(20-3)21-9-6-10-24-12-11-23-4/h5,7-8,13H,6,9-12,14H2,1-4H3,(H2,20,21,22). The monoisotopic (exact) mass is 355 g/mol. The van der Waals surface area contributed by atoms with Crippen LogP contribution in [0.4, 0.5) is 0 Å². The molecule has 0 unspecified atom stereocenters. The molecular weight excluding hydrogens is 326 g/mol. The van der Waals surface area contributed by atoms with E-state index in [-0.39, 0.29) is 5.41 Å². The number of ether oxygens (including phenoxy) is 2. The van der Waals surface area contributed by atoms with Crippen LogP contribution in [-0.2, 0) is 14.9 Å². The van der Waals surface area contributed by atoms with Crippen molar-refractivity contribution in [2.75, 3.05) is 47.1 Å². The molecule has 0 bridgehead atoms. The van der Waals surface area contributed by atoms with Crippen molar-refractivity contribution in [2.45, 2.75) is 25.7 Å². The van der Waals surface area contributed by atoms with E-state index in [1.807, 2.05) is 18.2 Å². The van der Waals surface area contributed by atoms with E-state index in [0.29, 0.717) is 19.8 Å². The summed E-state index contributed by atoms with van der Waals surface area (Å²) in [5.41, 5.74) is 1.15. The van der Waals surface area contributed by atoms with Crippen molar-refractivity contribution >= 4 is 17.6 Å². The molecule has 0 spiro atoms. The number of hydrogen-bond acceptors (Lipinski definition) is 3. The molecule has 0 aliphatic rings. The van der Waals surface area contributed by atoms with Crippen LogP contribution in [0.15, 0.2) is 29.3 Å². The van der Waals surface area contributed by atoms with Gasteiger partial charge in [-0.15, -0.1) is 0 Å². The van der Waals surface area contributed by atoms with Gasteiger partial charge in [0.1, 0.15) is 0 Å². The Kier molecular flexibility index (Phi) is 9.76. The molecule has 24 heavy (non-hydrogen) atoms. The Morgan fingerprint density at radius 3 is 2.67 bits per heavy atom. The van der Waals surface area contributed by atoms with E-state index in [2.05, 4.69) is 35.5 Å².